The van der Waals surface area contributed by atoms with Crippen LogP contribution in [0.4, 0.5) is 5.82 Å². The van der Waals surface area contributed by atoms with Crippen molar-refractivity contribution in [1.82, 2.24) is 14.6 Å². The fourth-order valence-corrected chi connectivity index (χ4v) is 2.50. The minimum absolute atomic E-state index is 0.106. The predicted molar refractivity (Wildman–Crippen MR) is 86.3 cm³/mol. The maximum atomic E-state index is 12.3. The smallest absolute Gasteiger partial charge is 0.351 e. The van der Waals surface area contributed by atoms with E-state index in [0.717, 1.165) is 4.57 Å². The molecule has 2 atom stereocenters. The number of ether oxygens (including phenoxy) is 1. The number of amides is 1. The Hall–Kier alpha value is -2.56. The fourth-order valence-electron chi connectivity index (χ4n) is 2.50. The number of nitrogens with one attached hydrogen (secondary N) is 1. The molecule has 0 aromatic carbocycles. The van der Waals surface area contributed by atoms with Crippen LogP contribution in [0.5, 0.6) is 0 Å². The molecule has 136 valence electrons. The Labute approximate surface area is 143 Å². The lowest BCUT2D eigenvalue weighted by molar-refractivity contribution is -0.182. The van der Waals surface area contributed by atoms with Crippen LogP contribution in [0, 0.1) is 0 Å². The summed E-state index contributed by atoms with van der Waals surface area (Å²) in [6, 6.07) is 0.541. The number of carbonyl (C=O) groups is 2. The van der Waals surface area contributed by atoms with Gasteiger partial charge in [-0.15, -0.1) is 0 Å². The van der Waals surface area contributed by atoms with Crippen molar-refractivity contribution in [1.29, 1.82) is 0 Å². The van der Waals surface area contributed by atoms with Crippen molar-refractivity contribution in [2.75, 3.05) is 25.6 Å². The first-order valence-corrected chi connectivity index (χ1v) is 7.62. The van der Waals surface area contributed by atoms with Crippen LogP contribution in [0.2, 0.25) is 0 Å². The largest absolute Gasteiger partial charge is 0.465 e. The summed E-state index contributed by atoms with van der Waals surface area (Å²) in [6.45, 7) is 2.82. The van der Waals surface area contributed by atoms with Gasteiger partial charge in [0.05, 0.1) is 13.2 Å². The molecule has 0 spiro atoms. The molecule has 0 saturated carbocycles. The van der Waals surface area contributed by atoms with Gasteiger partial charge in [0.1, 0.15) is 5.82 Å². The van der Waals surface area contributed by atoms with Crippen molar-refractivity contribution < 1.29 is 24.3 Å². The molecule has 2 heterocycles. The standard InChI is InChI=1S/C15H20N4O6/c1-4-24-14(22)12-10(6-8-20)13(25-18(12)3)19-7-5-11(16-9(2)21)17-15(19)23/h5-7,12-13,20H,4,8H2,1-3H3,(H,16,17,21,23)/b10-6-/t12-,13+/m1/s1. The molecule has 1 aromatic rings. The van der Waals surface area contributed by atoms with Crippen LogP contribution in [-0.4, -0.2) is 57.9 Å². The molecule has 10 nitrogen and oxygen atoms in total. The maximum absolute atomic E-state index is 12.3. The lowest BCUT2D eigenvalue weighted by atomic mass is 10.1. The van der Waals surface area contributed by atoms with Crippen LogP contribution in [0.15, 0.2) is 28.7 Å². The second-order valence-corrected chi connectivity index (χ2v) is 5.23. The van der Waals surface area contributed by atoms with E-state index in [1.165, 1.54) is 37.4 Å². The quantitative estimate of drug-likeness (QED) is 0.533. The second-order valence-electron chi connectivity index (χ2n) is 5.23. The van der Waals surface area contributed by atoms with E-state index in [9.17, 15) is 19.5 Å². The topological polar surface area (TPSA) is 123 Å². The van der Waals surface area contributed by atoms with Crippen molar-refractivity contribution in [3.63, 3.8) is 0 Å². The number of aliphatic hydroxyl groups is 1. The zero-order valence-electron chi connectivity index (χ0n) is 14.1. The molecule has 1 aliphatic rings. The highest BCUT2D eigenvalue weighted by Crippen LogP contribution is 2.33. The molecule has 25 heavy (non-hydrogen) atoms. The van der Waals surface area contributed by atoms with Crippen LogP contribution in [0.25, 0.3) is 0 Å². The summed E-state index contributed by atoms with van der Waals surface area (Å²) in [6.07, 6.45) is 1.82. The Morgan fingerprint density at radius 3 is 2.80 bits per heavy atom. The second kappa shape index (κ2) is 8.01. The number of nitrogens with zero attached hydrogens (tertiary/aromatic N) is 3. The average molecular weight is 352 g/mol. The first kappa shape index (κ1) is 18.8. The van der Waals surface area contributed by atoms with E-state index in [1.807, 2.05) is 0 Å². The number of likely N-dealkylation sites (N-methyl/N-ethyl adjacent to an activating group) is 1. The molecule has 1 aromatic heterocycles. The Balaban J connectivity index is 2.38. The molecule has 2 N–H and O–H groups in total. The molecule has 10 heteroatoms. The molecule has 0 bridgehead atoms. The van der Waals surface area contributed by atoms with E-state index in [0.29, 0.717) is 5.57 Å². The SMILES string of the molecule is CCOC(=O)[C@H]1/C(=C/CO)[C@@H](n2ccc(NC(C)=O)nc2=O)ON1C. The van der Waals surface area contributed by atoms with Gasteiger partial charge >= 0.3 is 11.7 Å². The van der Waals surface area contributed by atoms with Gasteiger partial charge in [0, 0.05) is 25.7 Å². The predicted octanol–water partition coefficient (Wildman–Crippen LogP) is -0.572. The third kappa shape index (κ3) is 4.10. The number of aliphatic hydroxyl groups excluding tert-OH is 1. The van der Waals surface area contributed by atoms with Gasteiger partial charge < -0.3 is 15.2 Å². The number of esters is 1. The van der Waals surface area contributed by atoms with E-state index < -0.39 is 23.9 Å². The fraction of sp³-hybridized carbons (Fsp3) is 0.467. The lowest BCUT2D eigenvalue weighted by Gasteiger charge is -2.15. The molecular formula is C15H20N4O6. The molecule has 0 unspecified atom stereocenters. The minimum Gasteiger partial charge on any atom is -0.465 e. The molecule has 0 radical (unpaired) electrons. The van der Waals surface area contributed by atoms with Crippen molar-refractivity contribution in [2.45, 2.75) is 26.1 Å². The third-order valence-electron chi connectivity index (χ3n) is 3.45. The van der Waals surface area contributed by atoms with Gasteiger partial charge in [-0.05, 0) is 13.0 Å². The van der Waals surface area contributed by atoms with E-state index in [1.54, 1.807) is 6.92 Å². The van der Waals surface area contributed by atoms with Gasteiger partial charge in [0.2, 0.25) is 5.91 Å². The molecule has 0 aliphatic carbocycles. The molecule has 1 aliphatic heterocycles. The van der Waals surface area contributed by atoms with Gasteiger partial charge in [-0.25, -0.2) is 9.59 Å². The highest BCUT2D eigenvalue weighted by atomic mass is 16.7. The number of carbonyl (C=O) groups excluding carboxylic acids is 2. The summed E-state index contributed by atoms with van der Waals surface area (Å²) >= 11 is 0. The average Bonchev–Trinajstić information content (AvgIpc) is 2.84. The zero-order valence-corrected chi connectivity index (χ0v) is 14.1. The molecule has 1 fully saturated rings. The van der Waals surface area contributed by atoms with E-state index in [2.05, 4.69) is 10.3 Å². The van der Waals surface area contributed by atoms with Crippen LogP contribution < -0.4 is 11.0 Å². The first-order chi connectivity index (χ1) is 11.9. The Morgan fingerprint density at radius 2 is 2.24 bits per heavy atom. The van der Waals surface area contributed by atoms with Gasteiger partial charge in [0.15, 0.2) is 12.3 Å². The summed E-state index contributed by atoms with van der Waals surface area (Å²) in [4.78, 5) is 44.8. The van der Waals surface area contributed by atoms with Crippen molar-refractivity contribution >= 4 is 17.7 Å². The summed E-state index contributed by atoms with van der Waals surface area (Å²) in [5, 5.41) is 12.9. The lowest BCUT2D eigenvalue weighted by Crippen LogP contribution is -2.35. The minimum atomic E-state index is -0.960. The molecule has 1 saturated heterocycles. The summed E-state index contributed by atoms with van der Waals surface area (Å²) < 4.78 is 6.17. The molecule has 2 rings (SSSR count). The van der Waals surface area contributed by atoms with Crippen molar-refractivity contribution in [3.05, 3.63) is 34.4 Å². The van der Waals surface area contributed by atoms with Gasteiger partial charge in [-0.1, -0.05) is 6.08 Å². The summed E-state index contributed by atoms with van der Waals surface area (Å²) in [5.41, 5.74) is -0.322. The summed E-state index contributed by atoms with van der Waals surface area (Å²) in [5.74, 6) is -0.803. The molecule has 1 amide bonds. The van der Waals surface area contributed by atoms with Crippen LogP contribution in [0.1, 0.15) is 20.1 Å². The Morgan fingerprint density at radius 1 is 1.52 bits per heavy atom. The zero-order chi connectivity index (χ0) is 18.6. The number of rotatable bonds is 5. The third-order valence-corrected chi connectivity index (χ3v) is 3.45. The van der Waals surface area contributed by atoms with Crippen LogP contribution in [0.3, 0.4) is 0 Å². The van der Waals surface area contributed by atoms with E-state index >= 15 is 0 Å². The summed E-state index contributed by atoms with van der Waals surface area (Å²) in [7, 11) is 1.52. The van der Waals surface area contributed by atoms with Gasteiger partial charge in [-0.3, -0.25) is 14.2 Å². The normalized spacial score (nSPS) is 22.2. The number of hydrogen-bond acceptors (Lipinski definition) is 8. The highest BCUT2D eigenvalue weighted by molar-refractivity contribution is 5.87. The number of aromatic nitrogens is 2. The van der Waals surface area contributed by atoms with Crippen molar-refractivity contribution in [2.24, 2.45) is 0 Å². The monoisotopic (exact) mass is 352 g/mol. The van der Waals surface area contributed by atoms with Crippen LogP contribution in [-0.2, 0) is 19.2 Å². The Bertz CT molecular complexity index is 744. The highest BCUT2D eigenvalue weighted by Gasteiger charge is 2.43. The maximum Gasteiger partial charge on any atom is 0.351 e. The van der Waals surface area contributed by atoms with E-state index in [4.69, 9.17) is 9.57 Å². The van der Waals surface area contributed by atoms with Crippen molar-refractivity contribution in [3.8, 4) is 0 Å². The Kier molecular flexibility index (Phi) is 6.02. The number of hydrogen-bond donors (Lipinski definition) is 2. The number of hydroxylamine groups is 2. The van der Waals surface area contributed by atoms with E-state index in [-0.39, 0.29) is 24.9 Å². The number of anilines is 1. The van der Waals surface area contributed by atoms with Gasteiger partial charge in [-0.2, -0.15) is 10.0 Å². The first-order valence-electron chi connectivity index (χ1n) is 7.62. The van der Waals surface area contributed by atoms with Gasteiger partial charge in [0.25, 0.3) is 0 Å². The molecular weight excluding hydrogens is 332 g/mol. The van der Waals surface area contributed by atoms with Crippen LogP contribution >= 0.6 is 0 Å².